The number of anilines is 1. The highest BCUT2D eigenvalue weighted by molar-refractivity contribution is 9.10. The lowest BCUT2D eigenvalue weighted by Crippen LogP contribution is -2.11. The van der Waals surface area contributed by atoms with Crippen molar-refractivity contribution in [3.8, 4) is 0 Å². The minimum atomic E-state index is -0.204. The number of esters is 1. The first-order valence-electron chi connectivity index (χ1n) is 6.43. The molecule has 0 saturated heterocycles. The third-order valence-electron chi connectivity index (χ3n) is 2.78. The highest BCUT2D eigenvalue weighted by Gasteiger charge is 2.05. The molecule has 0 aliphatic carbocycles. The number of hydrogen-bond donors (Lipinski definition) is 1. The molecule has 104 valence electrons. The Kier molecular flexibility index (Phi) is 5.62. The lowest BCUT2D eigenvalue weighted by molar-refractivity contribution is -0.144. The van der Waals surface area contributed by atoms with Crippen LogP contribution in [0.2, 0.25) is 0 Å². The second kappa shape index (κ2) is 7.70. The van der Waals surface area contributed by atoms with Gasteiger partial charge in [-0.1, -0.05) is 52.3 Å². The summed E-state index contributed by atoms with van der Waals surface area (Å²) in [5.74, 6) is -0.204. The fourth-order valence-corrected chi connectivity index (χ4v) is 2.11. The Hall–Kier alpha value is -1.81. The van der Waals surface area contributed by atoms with Gasteiger partial charge in [0.15, 0.2) is 0 Å². The monoisotopic (exact) mass is 333 g/mol. The van der Waals surface area contributed by atoms with Gasteiger partial charge in [0, 0.05) is 22.3 Å². The van der Waals surface area contributed by atoms with Crippen molar-refractivity contribution in [3.05, 3.63) is 64.6 Å². The van der Waals surface area contributed by atoms with E-state index in [1.807, 2.05) is 54.6 Å². The van der Waals surface area contributed by atoms with Crippen LogP contribution in [-0.2, 0) is 16.1 Å². The van der Waals surface area contributed by atoms with Crippen molar-refractivity contribution < 1.29 is 9.53 Å². The van der Waals surface area contributed by atoms with Crippen LogP contribution in [0.15, 0.2) is 59.1 Å². The summed E-state index contributed by atoms with van der Waals surface area (Å²) >= 11 is 3.43. The summed E-state index contributed by atoms with van der Waals surface area (Å²) < 4.78 is 6.19. The van der Waals surface area contributed by atoms with E-state index in [0.717, 1.165) is 15.7 Å². The number of halogens is 1. The Morgan fingerprint density at radius 2 is 1.75 bits per heavy atom. The molecule has 0 unspecified atom stereocenters. The van der Waals surface area contributed by atoms with Crippen LogP contribution in [0.5, 0.6) is 0 Å². The van der Waals surface area contributed by atoms with Gasteiger partial charge in [-0.15, -0.1) is 0 Å². The first kappa shape index (κ1) is 14.6. The number of hydrogen-bond acceptors (Lipinski definition) is 3. The molecule has 3 nitrogen and oxygen atoms in total. The Labute approximate surface area is 127 Å². The predicted molar refractivity (Wildman–Crippen MR) is 83.5 cm³/mol. The minimum absolute atomic E-state index is 0.204. The minimum Gasteiger partial charge on any atom is -0.461 e. The van der Waals surface area contributed by atoms with Gasteiger partial charge in [0.2, 0.25) is 0 Å². The summed E-state index contributed by atoms with van der Waals surface area (Å²) in [6.45, 7) is 0.865. The maximum Gasteiger partial charge on any atom is 0.307 e. The maximum atomic E-state index is 11.6. The molecular weight excluding hydrogens is 318 g/mol. The van der Waals surface area contributed by atoms with Crippen molar-refractivity contribution in [2.24, 2.45) is 0 Å². The van der Waals surface area contributed by atoms with Gasteiger partial charge in [-0.3, -0.25) is 4.79 Å². The standard InChI is InChI=1S/C16H16BrNO2/c17-15-9-5-4-6-13(15)12-20-16(19)10-11-18-14-7-2-1-3-8-14/h1-9,18H,10-12H2. The quantitative estimate of drug-likeness (QED) is 0.812. The highest BCUT2D eigenvalue weighted by Crippen LogP contribution is 2.16. The van der Waals surface area contributed by atoms with Gasteiger partial charge in [0.05, 0.1) is 6.42 Å². The topological polar surface area (TPSA) is 38.3 Å². The van der Waals surface area contributed by atoms with Crippen LogP contribution in [0.3, 0.4) is 0 Å². The number of benzene rings is 2. The molecule has 20 heavy (non-hydrogen) atoms. The molecule has 1 N–H and O–H groups in total. The van der Waals surface area contributed by atoms with Gasteiger partial charge in [-0.25, -0.2) is 0 Å². The van der Waals surface area contributed by atoms with Crippen LogP contribution in [-0.4, -0.2) is 12.5 Å². The fourth-order valence-electron chi connectivity index (χ4n) is 1.71. The molecule has 0 atom stereocenters. The van der Waals surface area contributed by atoms with Crippen molar-refractivity contribution in [1.82, 2.24) is 0 Å². The zero-order valence-corrected chi connectivity index (χ0v) is 12.6. The lowest BCUT2D eigenvalue weighted by atomic mass is 10.2. The number of ether oxygens (including phenoxy) is 1. The van der Waals surface area contributed by atoms with Gasteiger partial charge in [-0.2, -0.15) is 0 Å². The molecule has 0 aromatic heterocycles. The number of carbonyl (C=O) groups excluding carboxylic acids is 1. The van der Waals surface area contributed by atoms with Crippen LogP contribution in [0, 0.1) is 0 Å². The van der Waals surface area contributed by atoms with E-state index in [0.29, 0.717) is 19.6 Å². The van der Waals surface area contributed by atoms with Crippen molar-refractivity contribution in [2.75, 3.05) is 11.9 Å². The molecule has 0 radical (unpaired) electrons. The summed E-state index contributed by atoms with van der Waals surface area (Å²) in [5, 5.41) is 3.18. The van der Waals surface area contributed by atoms with Crippen LogP contribution in [0.4, 0.5) is 5.69 Å². The van der Waals surface area contributed by atoms with Gasteiger partial charge in [0.25, 0.3) is 0 Å². The predicted octanol–water partition coefficient (Wildman–Crippen LogP) is 3.99. The molecule has 0 spiro atoms. The smallest absolute Gasteiger partial charge is 0.307 e. The number of carbonyl (C=O) groups is 1. The Bertz CT molecular complexity index is 557. The van der Waals surface area contributed by atoms with Crippen molar-refractivity contribution >= 4 is 27.6 Å². The second-order valence-electron chi connectivity index (χ2n) is 4.29. The van der Waals surface area contributed by atoms with Gasteiger partial charge >= 0.3 is 5.97 Å². The van der Waals surface area contributed by atoms with Crippen molar-refractivity contribution in [1.29, 1.82) is 0 Å². The molecule has 2 rings (SSSR count). The highest BCUT2D eigenvalue weighted by atomic mass is 79.9. The maximum absolute atomic E-state index is 11.6. The van der Waals surface area contributed by atoms with E-state index in [1.165, 1.54) is 0 Å². The van der Waals surface area contributed by atoms with Crippen LogP contribution >= 0.6 is 15.9 Å². The average Bonchev–Trinajstić information content (AvgIpc) is 2.47. The average molecular weight is 334 g/mol. The van der Waals surface area contributed by atoms with E-state index in [2.05, 4.69) is 21.2 Å². The summed E-state index contributed by atoms with van der Waals surface area (Å²) in [5.41, 5.74) is 1.97. The molecular formula is C16H16BrNO2. The molecule has 0 bridgehead atoms. The summed E-state index contributed by atoms with van der Waals surface area (Å²) in [6, 6.07) is 17.5. The molecule has 0 saturated carbocycles. The van der Waals surface area contributed by atoms with E-state index in [9.17, 15) is 4.79 Å². The first-order chi connectivity index (χ1) is 9.75. The van der Waals surface area contributed by atoms with E-state index >= 15 is 0 Å². The Morgan fingerprint density at radius 3 is 2.50 bits per heavy atom. The van der Waals surface area contributed by atoms with Crippen LogP contribution in [0.1, 0.15) is 12.0 Å². The van der Waals surface area contributed by atoms with Crippen molar-refractivity contribution in [2.45, 2.75) is 13.0 Å². The van der Waals surface area contributed by atoms with Gasteiger partial charge in [0.1, 0.15) is 6.61 Å². The van der Waals surface area contributed by atoms with Crippen LogP contribution < -0.4 is 5.32 Å². The number of rotatable bonds is 6. The number of nitrogens with one attached hydrogen (secondary N) is 1. The zero-order chi connectivity index (χ0) is 14.2. The Balaban J connectivity index is 1.70. The first-order valence-corrected chi connectivity index (χ1v) is 7.23. The lowest BCUT2D eigenvalue weighted by Gasteiger charge is -2.08. The van der Waals surface area contributed by atoms with E-state index in [-0.39, 0.29) is 5.97 Å². The second-order valence-corrected chi connectivity index (χ2v) is 5.15. The third kappa shape index (κ3) is 4.70. The van der Waals surface area contributed by atoms with Crippen LogP contribution in [0.25, 0.3) is 0 Å². The fraction of sp³-hybridized carbons (Fsp3) is 0.188. The van der Waals surface area contributed by atoms with Crippen molar-refractivity contribution in [3.63, 3.8) is 0 Å². The molecule has 0 aliphatic heterocycles. The molecule has 2 aromatic carbocycles. The summed E-state index contributed by atoms with van der Waals surface area (Å²) in [4.78, 5) is 11.6. The zero-order valence-electron chi connectivity index (χ0n) is 11.0. The molecule has 0 fully saturated rings. The summed E-state index contributed by atoms with van der Waals surface area (Å²) in [6.07, 6.45) is 0.347. The molecule has 2 aromatic rings. The molecule has 0 heterocycles. The van der Waals surface area contributed by atoms with E-state index in [1.54, 1.807) is 0 Å². The largest absolute Gasteiger partial charge is 0.461 e. The normalized spacial score (nSPS) is 10.1. The van der Waals surface area contributed by atoms with Gasteiger partial charge in [-0.05, 0) is 18.2 Å². The van der Waals surface area contributed by atoms with E-state index in [4.69, 9.17) is 4.74 Å². The Morgan fingerprint density at radius 1 is 1.05 bits per heavy atom. The molecule has 4 heteroatoms. The van der Waals surface area contributed by atoms with Gasteiger partial charge < -0.3 is 10.1 Å². The molecule has 0 amide bonds. The third-order valence-corrected chi connectivity index (χ3v) is 3.55. The molecule has 0 aliphatic rings. The SMILES string of the molecule is O=C(CCNc1ccccc1)OCc1ccccc1Br. The summed E-state index contributed by atoms with van der Waals surface area (Å²) in [7, 11) is 0. The number of para-hydroxylation sites is 1. The van der Waals surface area contributed by atoms with E-state index < -0.39 is 0 Å².